The van der Waals surface area contributed by atoms with Crippen molar-refractivity contribution in [1.29, 1.82) is 0 Å². The lowest BCUT2D eigenvalue weighted by Crippen LogP contribution is -2.14. The van der Waals surface area contributed by atoms with E-state index in [1.165, 1.54) is 18.3 Å². The Bertz CT molecular complexity index is 697. The second kappa shape index (κ2) is 5.19. The summed E-state index contributed by atoms with van der Waals surface area (Å²) >= 11 is 5.64. The fourth-order valence-electron chi connectivity index (χ4n) is 1.57. The van der Waals surface area contributed by atoms with Gasteiger partial charge in [-0.05, 0) is 43.2 Å². The van der Waals surface area contributed by atoms with Crippen LogP contribution in [0.15, 0.2) is 41.4 Å². The second-order valence-corrected chi connectivity index (χ2v) is 6.31. The highest BCUT2D eigenvalue weighted by molar-refractivity contribution is 7.92. The Kier molecular flexibility index (Phi) is 3.78. The van der Waals surface area contributed by atoms with Crippen LogP contribution in [-0.2, 0) is 10.0 Å². The Balaban J connectivity index is 2.36. The number of nitrogens with zero attached hydrogens (tertiary/aromatic N) is 1. The van der Waals surface area contributed by atoms with Crippen molar-refractivity contribution in [1.82, 2.24) is 4.98 Å². The molecule has 0 amide bonds. The zero-order chi connectivity index (χ0) is 14.0. The van der Waals surface area contributed by atoms with Crippen LogP contribution in [0.5, 0.6) is 0 Å². The van der Waals surface area contributed by atoms with Gasteiger partial charge in [0.2, 0.25) is 0 Å². The van der Waals surface area contributed by atoms with Gasteiger partial charge in [-0.25, -0.2) is 13.4 Å². The van der Waals surface area contributed by atoms with Crippen molar-refractivity contribution in [2.24, 2.45) is 0 Å². The van der Waals surface area contributed by atoms with Crippen LogP contribution in [0.2, 0.25) is 5.15 Å². The molecule has 0 aliphatic rings. The monoisotopic (exact) mass is 296 g/mol. The first-order chi connectivity index (χ1) is 8.88. The summed E-state index contributed by atoms with van der Waals surface area (Å²) in [5.74, 6) is 0. The van der Waals surface area contributed by atoms with Crippen molar-refractivity contribution in [3.8, 4) is 0 Å². The normalized spacial score (nSPS) is 11.3. The molecule has 1 aromatic heterocycles. The Morgan fingerprint density at radius 3 is 2.53 bits per heavy atom. The third-order valence-corrected chi connectivity index (χ3v) is 4.22. The zero-order valence-electron chi connectivity index (χ0n) is 10.5. The minimum absolute atomic E-state index is 0.0813. The fraction of sp³-hybridized carbons (Fsp3) is 0.154. The Morgan fingerprint density at radius 2 is 1.89 bits per heavy atom. The summed E-state index contributed by atoms with van der Waals surface area (Å²) in [6.07, 6.45) is 1.23. The molecule has 0 saturated heterocycles. The molecule has 0 aliphatic heterocycles. The molecule has 0 atom stereocenters. The molecule has 19 heavy (non-hydrogen) atoms. The minimum atomic E-state index is -3.64. The van der Waals surface area contributed by atoms with E-state index in [0.717, 1.165) is 11.1 Å². The van der Waals surface area contributed by atoms with Crippen LogP contribution in [0.1, 0.15) is 11.1 Å². The average Bonchev–Trinajstić information content (AvgIpc) is 2.34. The lowest BCUT2D eigenvalue weighted by molar-refractivity contribution is 0.601. The fourth-order valence-corrected chi connectivity index (χ4v) is 2.75. The highest BCUT2D eigenvalue weighted by Gasteiger charge is 2.15. The Morgan fingerprint density at radius 1 is 1.16 bits per heavy atom. The predicted octanol–water partition coefficient (Wildman–Crippen LogP) is 3.15. The van der Waals surface area contributed by atoms with E-state index < -0.39 is 10.0 Å². The first-order valence-corrected chi connectivity index (χ1v) is 7.46. The number of aryl methyl sites for hydroxylation is 2. The largest absolute Gasteiger partial charge is 0.279 e. The van der Waals surface area contributed by atoms with Crippen LogP contribution < -0.4 is 4.72 Å². The highest BCUT2D eigenvalue weighted by atomic mass is 35.5. The first-order valence-electron chi connectivity index (χ1n) is 5.60. The molecule has 0 unspecified atom stereocenters. The van der Waals surface area contributed by atoms with E-state index >= 15 is 0 Å². The Labute approximate surface area is 117 Å². The number of hydrogen-bond acceptors (Lipinski definition) is 3. The number of anilines is 1. The van der Waals surface area contributed by atoms with Gasteiger partial charge in [0, 0.05) is 6.20 Å². The molecule has 2 rings (SSSR count). The number of benzene rings is 1. The minimum Gasteiger partial charge on any atom is -0.279 e. The third kappa shape index (κ3) is 3.24. The van der Waals surface area contributed by atoms with Gasteiger partial charge < -0.3 is 0 Å². The summed E-state index contributed by atoms with van der Waals surface area (Å²) in [4.78, 5) is 3.85. The summed E-state index contributed by atoms with van der Waals surface area (Å²) in [6.45, 7) is 3.75. The summed E-state index contributed by atoms with van der Waals surface area (Å²) in [5.41, 5.74) is 2.41. The molecule has 0 fully saturated rings. The molecule has 0 aliphatic carbocycles. The van der Waals surface area contributed by atoms with E-state index in [1.54, 1.807) is 6.07 Å². The number of rotatable bonds is 3. The second-order valence-electron chi connectivity index (χ2n) is 4.24. The summed E-state index contributed by atoms with van der Waals surface area (Å²) in [7, 11) is -3.64. The number of pyridine rings is 1. The molecule has 0 spiro atoms. The SMILES string of the molecule is Cc1ccc(C)c(NS(=O)(=O)c2ccc(Cl)nc2)c1. The maximum atomic E-state index is 12.2. The van der Waals surface area contributed by atoms with Crippen molar-refractivity contribution < 1.29 is 8.42 Å². The van der Waals surface area contributed by atoms with Crippen molar-refractivity contribution >= 4 is 27.3 Å². The smallest absolute Gasteiger partial charge is 0.263 e. The van der Waals surface area contributed by atoms with Crippen LogP contribution in [0.4, 0.5) is 5.69 Å². The van der Waals surface area contributed by atoms with Gasteiger partial charge in [0.05, 0.1) is 5.69 Å². The molecular weight excluding hydrogens is 284 g/mol. The van der Waals surface area contributed by atoms with Crippen LogP contribution in [0, 0.1) is 13.8 Å². The van der Waals surface area contributed by atoms with Gasteiger partial charge in [-0.1, -0.05) is 23.7 Å². The summed E-state index contributed by atoms with van der Waals surface area (Å²) in [6, 6.07) is 8.45. The molecule has 2 aromatic rings. The summed E-state index contributed by atoms with van der Waals surface area (Å²) < 4.78 is 26.9. The molecule has 4 nitrogen and oxygen atoms in total. The topological polar surface area (TPSA) is 59.1 Å². The molecule has 1 N–H and O–H groups in total. The van der Waals surface area contributed by atoms with Gasteiger partial charge >= 0.3 is 0 Å². The standard InChI is InChI=1S/C13H13ClN2O2S/c1-9-3-4-10(2)12(7-9)16-19(17,18)11-5-6-13(14)15-8-11/h3-8,16H,1-2H3. The molecule has 1 heterocycles. The van der Waals surface area contributed by atoms with Crippen molar-refractivity contribution in [2.45, 2.75) is 18.7 Å². The predicted molar refractivity (Wildman–Crippen MR) is 76.0 cm³/mol. The average molecular weight is 297 g/mol. The lowest BCUT2D eigenvalue weighted by atomic mass is 10.1. The number of hydrogen-bond donors (Lipinski definition) is 1. The number of halogens is 1. The van der Waals surface area contributed by atoms with Gasteiger partial charge in [0.1, 0.15) is 10.0 Å². The van der Waals surface area contributed by atoms with Crippen molar-refractivity contribution in [3.05, 3.63) is 52.8 Å². The molecule has 100 valence electrons. The van der Waals surface area contributed by atoms with E-state index in [2.05, 4.69) is 9.71 Å². The molecular formula is C13H13ClN2O2S. The van der Waals surface area contributed by atoms with Gasteiger partial charge in [-0.15, -0.1) is 0 Å². The van der Waals surface area contributed by atoms with Gasteiger partial charge in [-0.3, -0.25) is 4.72 Å². The number of nitrogens with one attached hydrogen (secondary N) is 1. The van der Waals surface area contributed by atoms with Crippen LogP contribution in [-0.4, -0.2) is 13.4 Å². The van der Waals surface area contributed by atoms with E-state index in [4.69, 9.17) is 11.6 Å². The van der Waals surface area contributed by atoms with E-state index in [1.807, 2.05) is 26.0 Å². The lowest BCUT2D eigenvalue weighted by Gasteiger charge is -2.11. The van der Waals surface area contributed by atoms with Crippen LogP contribution in [0.3, 0.4) is 0 Å². The van der Waals surface area contributed by atoms with E-state index in [-0.39, 0.29) is 10.0 Å². The third-order valence-electron chi connectivity index (χ3n) is 2.65. The van der Waals surface area contributed by atoms with E-state index in [0.29, 0.717) is 5.69 Å². The highest BCUT2D eigenvalue weighted by Crippen LogP contribution is 2.21. The van der Waals surface area contributed by atoms with Crippen LogP contribution >= 0.6 is 11.6 Å². The van der Waals surface area contributed by atoms with Gasteiger partial charge in [0.25, 0.3) is 10.0 Å². The number of sulfonamides is 1. The molecule has 0 bridgehead atoms. The maximum absolute atomic E-state index is 12.2. The van der Waals surface area contributed by atoms with Crippen molar-refractivity contribution in [2.75, 3.05) is 4.72 Å². The molecule has 0 saturated carbocycles. The molecule has 6 heteroatoms. The molecule has 1 aromatic carbocycles. The van der Waals surface area contributed by atoms with Crippen LogP contribution in [0.25, 0.3) is 0 Å². The Hall–Kier alpha value is -1.59. The summed E-state index contributed by atoms with van der Waals surface area (Å²) in [5, 5.41) is 0.255. The van der Waals surface area contributed by atoms with E-state index in [9.17, 15) is 8.42 Å². The zero-order valence-corrected chi connectivity index (χ0v) is 12.1. The quantitative estimate of drug-likeness (QED) is 0.885. The molecule has 0 radical (unpaired) electrons. The van der Waals surface area contributed by atoms with Crippen molar-refractivity contribution in [3.63, 3.8) is 0 Å². The number of aromatic nitrogens is 1. The maximum Gasteiger partial charge on any atom is 0.263 e. The first kappa shape index (κ1) is 13.8. The van der Waals surface area contributed by atoms with Gasteiger partial charge in [0.15, 0.2) is 0 Å². The van der Waals surface area contributed by atoms with Gasteiger partial charge in [-0.2, -0.15) is 0 Å².